The highest BCUT2D eigenvalue weighted by atomic mass is 35.5. The predicted molar refractivity (Wildman–Crippen MR) is 131 cm³/mol. The van der Waals surface area contributed by atoms with E-state index in [-0.39, 0.29) is 38.1 Å². The van der Waals surface area contributed by atoms with E-state index in [0.29, 0.717) is 30.0 Å². The number of benzene rings is 1. The number of halogens is 1. The fourth-order valence-corrected chi connectivity index (χ4v) is 6.28. The molecule has 3 aliphatic rings. The minimum absolute atomic E-state index is 0.0332. The summed E-state index contributed by atoms with van der Waals surface area (Å²) in [6.45, 7) is 9.47. The summed E-state index contributed by atoms with van der Waals surface area (Å²) in [4.78, 5) is 44.0. The summed E-state index contributed by atoms with van der Waals surface area (Å²) in [5.74, 6) is -2.82. The van der Waals surface area contributed by atoms with E-state index < -0.39 is 35.6 Å². The summed E-state index contributed by atoms with van der Waals surface area (Å²) < 4.78 is 11.7. The first kappa shape index (κ1) is 25.4. The fraction of sp³-hybridized carbons (Fsp3) is 0.500. The van der Waals surface area contributed by atoms with Crippen LogP contribution in [0.5, 0.6) is 0 Å². The van der Waals surface area contributed by atoms with Gasteiger partial charge in [0.25, 0.3) is 5.91 Å². The molecular weight excluding hydrogens is 472 g/mol. The van der Waals surface area contributed by atoms with Gasteiger partial charge in [-0.1, -0.05) is 42.5 Å². The predicted octanol–water partition coefficient (Wildman–Crippen LogP) is 2.65. The van der Waals surface area contributed by atoms with Gasteiger partial charge in [0, 0.05) is 19.7 Å². The third-order valence-corrected chi connectivity index (χ3v) is 7.55. The molecule has 5 atom stereocenters. The van der Waals surface area contributed by atoms with Crippen molar-refractivity contribution in [2.75, 3.05) is 31.2 Å². The van der Waals surface area contributed by atoms with E-state index in [2.05, 4.69) is 13.2 Å². The maximum atomic E-state index is 14.3. The van der Waals surface area contributed by atoms with E-state index in [9.17, 15) is 19.5 Å². The maximum Gasteiger partial charge on any atom is 0.312 e. The van der Waals surface area contributed by atoms with Gasteiger partial charge in [-0.3, -0.25) is 14.4 Å². The molecule has 1 N–H and O–H groups in total. The van der Waals surface area contributed by atoms with Crippen LogP contribution in [-0.4, -0.2) is 71.8 Å². The zero-order chi connectivity index (χ0) is 25.3. The SMILES string of the molecule is C=CCOC(=O)[C@@H]1[C@@H]2CCC3(O2)C(C(=O)N(CC=C)c2c(C)cccc2Cl)N(CCCO)C(=O)[C@H]13. The van der Waals surface area contributed by atoms with Crippen LogP contribution in [-0.2, 0) is 23.9 Å². The van der Waals surface area contributed by atoms with E-state index in [1.165, 1.54) is 15.9 Å². The van der Waals surface area contributed by atoms with E-state index in [1.807, 2.05) is 13.0 Å². The molecule has 0 radical (unpaired) electrons. The summed E-state index contributed by atoms with van der Waals surface area (Å²) in [5, 5.41) is 9.88. The van der Waals surface area contributed by atoms with E-state index in [4.69, 9.17) is 21.1 Å². The number of carbonyl (C=O) groups is 3. The fourth-order valence-electron chi connectivity index (χ4n) is 5.95. The molecule has 3 heterocycles. The van der Waals surface area contributed by atoms with Crippen LogP contribution in [0.25, 0.3) is 0 Å². The molecule has 8 nitrogen and oxygen atoms in total. The Labute approximate surface area is 210 Å². The molecule has 3 aliphatic heterocycles. The Hall–Kier alpha value is -2.68. The largest absolute Gasteiger partial charge is 0.461 e. The first-order chi connectivity index (χ1) is 16.8. The molecule has 0 saturated carbocycles. The van der Waals surface area contributed by atoms with Crippen molar-refractivity contribution in [3.8, 4) is 0 Å². The summed E-state index contributed by atoms with van der Waals surface area (Å²) in [7, 11) is 0. The molecule has 3 saturated heterocycles. The van der Waals surface area contributed by atoms with Crippen LogP contribution in [0.4, 0.5) is 5.69 Å². The number of para-hydroxylation sites is 1. The smallest absolute Gasteiger partial charge is 0.312 e. The lowest BCUT2D eigenvalue weighted by atomic mass is 9.70. The second kappa shape index (κ2) is 10.1. The molecule has 3 fully saturated rings. The van der Waals surface area contributed by atoms with Crippen molar-refractivity contribution < 1.29 is 29.0 Å². The van der Waals surface area contributed by atoms with Crippen LogP contribution >= 0.6 is 11.6 Å². The quantitative estimate of drug-likeness (QED) is 0.390. The minimum atomic E-state index is -1.15. The highest BCUT2D eigenvalue weighted by molar-refractivity contribution is 6.34. The number of nitrogens with zero attached hydrogens (tertiary/aromatic N) is 2. The zero-order valence-corrected chi connectivity index (χ0v) is 20.6. The lowest BCUT2D eigenvalue weighted by molar-refractivity contribution is -0.154. The van der Waals surface area contributed by atoms with E-state index in [0.717, 1.165) is 5.56 Å². The molecule has 2 amide bonds. The molecule has 2 bridgehead atoms. The van der Waals surface area contributed by atoms with Gasteiger partial charge in [0.1, 0.15) is 18.2 Å². The first-order valence-corrected chi connectivity index (χ1v) is 12.2. The number of fused-ring (bicyclic) bond motifs is 1. The topological polar surface area (TPSA) is 96.4 Å². The van der Waals surface area contributed by atoms with Crippen molar-refractivity contribution in [2.24, 2.45) is 11.8 Å². The molecule has 4 rings (SSSR count). The van der Waals surface area contributed by atoms with Gasteiger partial charge in [-0.25, -0.2) is 0 Å². The molecule has 0 aliphatic carbocycles. The first-order valence-electron chi connectivity index (χ1n) is 11.9. The van der Waals surface area contributed by atoms with Crippen molar-refractivity contribution in [3.63, 3.8) is 0 Å². The Kier molecular flexibility index (Phi) is 7.35. The third-order valence-electron chi connectivity index (χ3n) is 7.24. The van der Waals surface area contributed by atoms with Crippen molar-refractivity contribution in [1.29, 1.82) is 0 Å². The molecule has 9 heteroatoms. The minimum Gasteiger partial charge on any atom is -0.461 e. The van der Waals surface area contributed by atoms with E-state index >= 15 is 0 Å². The second-order valence-electron chi connectivity index (χ2n) is 9.23. The molecule has 2 unspecified atom stereocenters. The summed E-state index contributed by atoms with van der Waals surface area (Å²) in [6, 6.07) is 4.41. The van der Waals surface area contributed by atoms with Gasteiger partial charge in [-0.15, -0.1) is 6.58 Å². The second-order valence-corrected chi connectivity index (χ2v) is 9.63. The van der Waals surface area contributed by atoms with Crippen LogP contribution in [0.3, 0.4) is 0 Å². The molecular formula is C26H31ClN2O6. The molecule has 188 valence electrons. The van der Waals surface area contributed by atoms with Crippen molar-refractivity contribution in [2.45, 2.75) is 43.9 Å². The molecule has 35 heavy (non-hydrogen) atoms. The van der Waals surface area contributed by atoms with Crippen molar-refractivity contribution >= 4 is 35.1 Å². The number of hydrogen-bond acceptors (Lipinski definition) is 6. The summed E-state index contributed by atoms with van der Waals surface area (Å²) >= 11 is 6.52. The summed E-state index contributed by atoms with van der Waals surface area (Å²) in [6.07, 6.45) is 3.88. The zero-order valence-electron chi connectivity index (χ0n) is 19.8. The number of aliphatic hydroxyl groups is 1. The van der Waals surface area contributed by atoms with Crippen LogP contribution < -0.4 is 4.90 Å². The number of carbonyl (C=O) groups excluding carboxylic acids is 3. The van der Waals surface area contributed by atoms with Crippen LogP contribution in [0.1, 0.15) is 24.8 Å². The van der Waals surface area contributed by atoms with Crippen LogP contribution in [0.15, 0.2) is 43.5 Å². The number of rotatable bonds is 10. The molecule has 1 spiro atoms. The van der Waals surface area contributed by atoms with Gasteiger partial charge >= 0.3 is 5.97 Å². The Morgan fingerprint density at radius 1 is 1.37 bits per heavy atom. The monoisotopic (exact) mass is 502 g/mol. The number of anilines is 1. The van der Waals surface area contributed by atoms with Gasteiger partial charge in [-0.05, 0) is 37.8 Å². The molecule has 0 aromatic heterocycles. The van der Waals surface area contributed by atoms with Crippen molar-refractivity contribution in [1.82, 2.24) is 4.90 Å². The molecule has 1 aromatic rings. The highest BCUT2D eigenvalue weighted by Gasteiger charge is 2.75. The normalized spacial score (nSPS) is 28.7. The summed E-state index contributed by atoms with van der Waals surface area (Å²) in [5.41, 5.74) is 0.194. The Bertz CT molecular complexity index is 1020. The number of esters is 1. The van der Waals surface area contributed by atoms with Gasteiger partial charge in [0.05, 0.1) is 28.6 Å². The van der Waals surface area contributed by atoms with Gasteiger partial charge in [0.2, 0.25) is 5.91 Å². The van der Waals surface area contributed by atoms with Gasteiger partial charge < -0.3 is 24.4 Å². The number of amides is 2. The number of ether oxygens (including phenoxy) is 2. The lowest BCUT2D eigenvalue weighted by Crippen LogP contribution is -2.56. The van der Waals surface area contributed by atoms with E-state index in [1.54, 1.807) is 18.2 Å². The Morgan fingerprint density at radius 2 is 2.14 bits per heavy atom. The Morgan fingerprint density at radius 3 is 2.80 bits per heavy atom. The lowest BCUT2D eigenvalue weighted by Gasteiger charge is -2.37. The highest BCUT2D eigenvalue weighted by Crippen LogP contribution is 2.59. The third kappa shape index (κ3) is 4.07. The van der Waals surface area contributed by atoms with Crippen LogP contribution in [0.2, 0.25) is 5.02 Å². The van der Waals surface area contributed by atoms with Gasteiger partial charge in [0.15, 0.2) is 0 Å². The average Bonchev–Trinajstić information content (AvgIpc) is 3.47. The average molecular weight is 503 g/mol. The number of hydrogen-bond donors (Lipinski definition) is 1. The van der Waals surface area contributed by atoms with Gasteiger partial charge in [-0.2, -0.15) is 0 Å². The maximum absolute atomic E-state index is 14.3. The van der Waals surface area contributed by atoms with Crippen molar-refractivity contribution in [3.05, 3.63) is 54.1 Å². The van der Waals surface area contributed by atoms with Crippen LogP contribution in [0, 0.1) is 18.8 Å². The standard InChI is InChI=1S/C26H31ClN2O6/c1-4-12-28(21-16(3)8-6-9-17(21)27)24(32)22-26-11-10-18(35-26)19(25(33)34-15-5-2)20(26)23(31)29(22)13-7-14-30/h4-6,8-9,18-20,22,30H,1-2,7,10-15H2,3H3/t18-,19+,20-,22?,26?/m0/s1. The number of likely N-dealkylation sites (tertiary alicyclic amines) is 1. The number of aryl methyl sites for hydroxylation is 1. The number of aliphatic hydroxyl groups excluding tert-OH is 1. The Balaban J connectivity index is 1.78. The molecule has 1 aromatic carbocycles.